The highest BCUT2D eigenvalue weighted by atomic mass is 32.2. The van der Waals surface area contributed by atoms with E-state index in [9.17, 15) is 9.59 Å². The van der Waals surface area contributed by atoms with E-state index in [1.165, 1.54) is 0 Å². The highest BCUT2D eigenvalue weighted by Crippen LogP contribution is 2.24. The van der Waals surface area contributed by atoms with Gasteiger partial charge >= 0.3 is 0 Å². The summed E-state index contributed by atoms with van der Waals surface area (Å²) in [5.41, 5.74) is 0.890. The molecule has 2 fully saturated rings. The van der Waals surface area contributed by atoms with Crippen molar-refractivity contribution in [3.63, 3.8) is 0 Å². The Morgan fingerprint density at radius 3 is 2.74 bits per heavy atom. The molecule has 1 aromatic heterocycles. The minimum atomic E-state index is 0.0543. The number of likely N-dealkylation sites (tertiary alicyclic amines) is 2. The van der Waals surface area contributed by atoms with E-state index >= 15 is 0 Å². The number of pyridine rings is 1. The summed E-state index contributed by atoms with van der Waals surface area (Å²) in [6.07, 6.45) is 7.77. The number of hydrogen-bond acceptors (Lipinski definition) is 5. The molecule has 2 aliphatic heterocycles. The summed E-state index contributed by atoms with van der Waals surface area (Å²) in [5.74, 6) is 1.02. The lowest BCUT2D eigenvalue weighted by Crippen LogP contribution is -2.51. The summed E-state index contributed by atoms with van der Waals surface area (Å²) in [6.45, 7) is 4.07. The second-order valence-electron chi connectivity index (χ2n) is 7.42. The van der Waals surface area contributed by atoms with Crippen LogP contribution in [0.4, 0.5) is 0 Å². The Kier molecular flexibility index (Phi) is 7.52. The smallest absolute Gasteiger partial charge is 0.232 e. The number of aromatic nitrogens is 1. The van der Waals surface area contributed by atoms with Gasteiger partial charge in [-0.15, -0.1) is 0 Å². The summed E-state index contributed by atoms with van der Waals surface area (Å²) in [5, 5.41) is 3.04. The maximum atomic E-state index is 12.6. The fourth-order valence-electron chi connectivity index (χ4n) is 4.07. The summed E-state index contributed by atoms with van der Waals surface area (Å²) in [7, 11) is 0. The van der Waals surface area contributed by atoms with Crippen LogP contribution in [0.3, 0.4) is 0 Å². The van der Waals surface area contributed by atoms with E-state index in [-0.39, 0.29) is 17.7 Å². The number of amides is 2. The van der Waals surface area contributed by atoms with Gasteiger partial charge in [0.1, 0.15) is 0 Å². The molecule has 148 valence electrons. The average Bonchev–Trinajstić information content (AvgIpc) is 2.73. The van der Waals surface area contributed by atoms with E-state index in [0.29, 0.717) is 18.3 Å². The van der Waals surface area contributed by atoms with Crippen molar-refractivity contribution in [2.45, 2.75) is 38.3 Å². The van der Waals surface area contributed by atoms with E-state index in [2.05, 4.69) is 15.2 Å². The molecule has 0 unspecified atom stereocenters. The van der Waals surface area contributed by atoms with Crippen molar-refractivity contribution < 1.29 is 9.59 Å². The molecule has 7 heteroatoms. The van der Waals surface area contributed by atoms with E-state index < -0.39 is 0 Å². The first-order valence-electron chi connectivity index (χ1n) is 9.85. The molecule has 1 aromatic rings. The summed E-state index contributed by atoms with van der Waals surface area (Å²) >= 11 is 1.59. The van der Waals surface area contributed by atoms with Gasteiger partial charge in [-0.25, -0.2) is 0 Å². The Hall–Kier alpha value is -1.60. The second kappa shape index (κ2) is 10.1. The van der Waals surface area contributed by atoms with Crippen molar-refractivity contribution in [2.24, 2.45) is 5.92 Å². The van der Waals surface area contributed by atoms with Gasteiger partial charge in [0.05, 0.1) is 23.9 Å². The SMILES string of the molecule is CSCC(=O)N1CCC(N2CCC[C@H](C(=O)NCc3ccccn3)C2)CC1. The van der Waals surface area contributed by atoms with E-state index in [4.69, 9.17) is 0 Å². The Labute approximate surface area is 166 Å². The van der Waals surface area contributed by atoms with Gasteiger partial charge in [0, 0.05) is 31.9 Å². The van der Waals surface area contributed by atoms with Crippen molar-refractivity contribution >= 4 is 23.6 Å². The maximum Gasteiger partial charge on any atom is 0.232 e. The topological polar surface area (TPSA) is 65.5 Å². The molecule has 0 saturated carbocycles. The molecule has 0 spiro atoms. The van der Waals surface area contributed by atoms with Gasteiger partial charge in [-0.05, 0) is 50.6 Å². The molecule has 2 amide bonds. The largest absolute Gasteiger partial charge is 0.350 e. The van der Waals surface area contributed by atoms with Crippen molar-refractivity contribution in [1.82, 2.24) is 20.1 Å². The van der Waals surface area contributed by atoms with Gasteiger partial charge in [0.25, 0.3) is 0 Å². The van der Waals surface area contributed by atoms with Gasteiger partial charge in [-0.1, -0.05) is 6.07 Å². The normalized spacial score (nSPS) is 21.8. The standard InChI is InChI=1S/C20H30N4O2S/c1-27-15-19(25)23-11-7-18(8-12-23)24-10-4-5-16(14-24)20(26)22-13-17-6-2-3-9-21-17/h2-3,6,9,16,18H,4-5,7-8,10-15H2,1H3,(H,22,26)/t16-/m0/s1. The van der Waals surface area contributed by atoms with Crippen molar-refractivity contribution in [2.75, 3.05) is 38.2 Å². The molecule has 0 aliphatic carbocycles. The molecule has 27 heavy (non-hydrogen) atoms. The Morgan fingerprint density at radius 2 is 2.04 bits per heavy atom. The lowest BCUT2D eigenvalue weighted by atomic mass is 9.93. The summed E-state index contributed by atoms with van der Waals surface area (Å²) < 4.78 is 0. The zero-order valence-corrected chi connectivity index (χ0v) is 16.9. The maximum absolute atomic E-state index is 12.6. The number of hydrogen-bond donors (Lipinski definition) is 1. The van der Waals surface area contributed by atoms with Gasteiger partial charge in [-0.3, -0.25) is 19.5 Å². The van der Waals surface area contributed by atoms with E-state index in [0.717, 1.165) is 57.6 Å². The number of nitrogens with zero attached hydrogens (tertiary/aromatic N) is 3. The zero-order valence-electron chi connectivity index (χ0n) is 16.1. The minimum Gasteiger partial charge on any atom is -0.350 e. The van der Waals surface area contributed by atoms with Gasteiger partial charge in [-0.2, -0.15) is 11.8 Å². The fourth-order valence-corrected chi connectivity index (χ4v) is 4.50. The molecule has 1 N–H and O–H groups in total. The van der Waals surface area contributed by atoms with Crippen molar-refractivity contribution in [1.29, 1.82) is 0 Å². The number of rotatable bonds is 6. The molecule has 0 aromatic carbocycles. The van der Waals surface area contributed by atoms with Crippen LogP contribution in [0, 0.1) is 5.92 Å². The lowest BCUT2D eigenvalue weighted by Gasteiger charge is -2.42. The number of thioether (sulfide) groups is 1. The van der Waals surface area contributed by atoms with Crippen LogP contribution in [0.25, 0.3) is 0 Å². The zero-order chi connectivity index (χ0) is 19.1. The third-order valence-electron chi connectivity index (χ3n) is 5.59. The highest BCUT2D eigenvalue weighted by molar-refractivity contribution is 7.99. The van der Waals surface area contributed by atoms with Crippen molar-refractivity contribution in [3.05, 3.63) is 30.1 Å². The van der Waals surface area contributed by atoms with Crippen molar-refractivity contribution in [3.8, 4) is 0 Å². The second-order valence-corrected chi connectivity index (χ2v) is 8.28. The lowest BCUT2D eigenvalue weighted by molar-refractivity contribution is -0.130. The molecule has 6 nitrogen and oxygen atoms in total. The Balaban J connectivity index is 1.45. The van der Waals surface area contributed by atoms with Gasteiger partial charge in [0.2, 0.25) is 11.8 Å². The Bertz CT molecular complexity index is 620. The first-order valence-corrected chi connectivity index (χ1v) is 11.2. The van der Waals surface area contributed by atoms with Gasteiger partial charge in [0.15, 0.2) is 0 Å². The Morgan fingerprint density at radius 1 is 1.22 bits per heavy atom. The van der Waals surface area contributed by atoms with Crippen LogP contribution in [0.2, 0.25) is 0 Å². The van der Waals surface area contributed by atoms with Crippen LogP contribution in [0.1, 0.15) is 31.4 Å². The number of carbonyl (C=O) groups is 2. The average molecular weight is 391 g/mol. The number of piperidine rings is 2. The molecule has 2 aliphatic rings. The predicted molar refractivity (Wildman–Crippen MR) is 108 cm³/mol. The predicted octanol–water partition coefficient (Wildman–Crippen LogP) is 1.76. The molecule has 3 heterocycles. The number of carbonyl (C=O) groups excluding carboxylic acids is 2. The van der Waals surface area contributed by atoms with Crippen LogP contribution in [0.15, 0.2) is 24.4 Å². The first-order chi connectivity index (χ1) is 13.2. The van der Waals surface area contributed by atoms with Gasteiger partial charge < -0.3 is 10.2 Å². The molecule has 0 radical (unpaired) electrons. The van der Waals surface area contributed by atoms with Crippen LogP contribution in [0.5, 0.6) is 0 Å². The number of nitrogens with one attached hydrogen (secondary N) is 1. The fraction of sp³-hybridized carbons (Fsp3) is 0.650. The van der Waals surface area contributed by atoms with Crippen LogP contribution in [-0.2, 0) is 16.1 Å². The monoisotopic (exact) mass is 390 g/mol. The summed E-state index contributed by atoms with van der Waals surface area (Å²) in [6, 6.07) is 6.24. The molecule has 1 atom stereocenters. The minimum absolute atomic E-state index is 0.0543. The third-order valence-corrected chi connectivity index (χ3v) is 6.13. The van der Waals surface area contributed by atoms with Crippen LogP contribution < -0.4 is 5.32 Å². The molecule has 2 saturated heterocycles. The first kappa shape index (κ1) is 20.1. The summed E-state index contributed by atoms with van der Waals surface area (Å²) in [4.78, 5) is 33.4. The van der Waals surface area contributed by atoms with E-state index in [1.54, 1.807) is 18.0 Å². The van der Waals surface area contributed by atoms with E-state index in [1.807, 2.05) is 29.4 Å². The molecular formula is C20H30N4O2S. The molecule has 0 bridgehead atoms. The molecule has 3 rings (SSSR count). The highest BCUT2D eigenvalue weighted by Gasteiger charge is 2.32. The third kappa shape index (κ3) is 5.69. The van der Waals surface area contributed by atoms with Crippen LogP contribution >= 0.6 is 11.8 Å². The quantitative estimate of drug-likeness (QED) is 0.802. The van der Waals surface area contributed by atoms with Crippen LogP contribution in [-0.4, -0.2) is 70.8 Å². The molecular weight excluding hydrogens is 360 g/mol.